The van der Waals surface area contributed by atoms with E-state index in [0.29, 0.717) is 46.0 Å². The van der Waals surface area contributed by atoms with Gasteiger partial charge in [-0.3, -0.25) is 14.5 Å². The maximum atomic E-state index is 13.3. The number of nitrogens with zero attached hydrogens (tertiary/aromatic N) is 2. The van der Waals surface area contributed by atoms with Gasteiger partial charge in [0, 0.05) is 28.1 Å². The molecular weight excluding hydrogens is 578 g/mol. The van der Waals surface area contributed by atoms with E-state index in [0.717, 1.165) is 10.0 Å². The number of methoxy groups -OCH3 is 2. The smallest absolute Gasteiger partial charge is 0.238 e. The van der Waals surface area contributed by atoms with Crippen LogP contribution in [0.4, 0.5) is 11.4 Å². The summed E-state index contributed by atoms with van der Waals surface area (Å²) in [7, 11) is 3.17. The number of benzene rings is 3. The van der Waals surface area contributed by atoms with Crippen LogP contribution in [-0.2, 0) is 16.0 Å². The Labute approximate surface area is 233 Å². The summed E-state index contributed by atoms with van der Waals surface area (Å²) in [4.78, 5) is 32.7. The van der Waals surface area contributed by atoms with Crippen LogP contribution in [0.15, 0.2) is 76.2 Å². The second-order valence-corrected chi connectivity index (χ2v) is 10.7. The monoisotopic (exact) mass is 601 g/mol. The number of ether oxygens (including phenoxy) is 2. The molecule has 0 aliphatic carbocycles. The summed E-state index contributed by atoms with van der Waals surface area (Å²) in [5.74, 6) is 0.832. The highest BCUT2D eigenvalue weighted by Gasteiger charge is 2.36. The number of halogens is 2. The predicted molar refractivity (Wildman–Crippen MR) is 152 cm³/mol. The highest BCUT2D eigenvalue weighted by atomic mass is 79.9. The molecule has 1 aliphatic rings. The van der Waals surface area contributed by atoms with Crippen LogP contribution in [0.2, 0.25) is 5.02 Å². The van der Waals surface area contributed by atoms with E-state index in [1.807, 2.05) is 42.5 Å². The Balaban J connectivity index is 1.56. The fraction of sp³-hybridized carbons (Fsp3) is 0.222. The Morgan fingerprint density at radius 3 is 2.62 bits per heavy atom. The first-order valence-corrected chi connectivity index (χ1v) is 13.5. The van der Waals surface area contributed by atoms with Gasteiger partial charge in [0.1, 0.15) is 5.25 Å². The zero-order valence-electron chi connectivity index (χ0n) is 20.2. The lowest BCUT2D eigenvalue weighted by Crippen LogP contribution is -2.46. The molecule has 1 N–H and O–H groups in total. The summed E-state index contributed by atoms with van der Waals surface area (Å²) < 4.78 is 11.6. The first-order chi connectivity index (χ1) is 17.9. The van der Waals surface area contributed by atoms with Gasteiger partial charge >= 0.3 is 0 Å². The van der Waals surface area contributed by atoms with E-state index < -0.39 is 5.25 Å². The van der Waals surface area contributed by atoms with E-state index in [4.69, 9.17) is 26.1 Å². The molecule has 1 heterocycles. The number of thioether (sulfide) groups is 1. The first-order valence-electron chi connectivity index (χ1n) is 11.4. The molecule has 1 aliphatic heterocycles. The highest BCUT2D eigenvalue weighted by molar-refractivity contribution is 9.10. The van der Waals surface area contributed by atoms with Crippen LogP contribution in [0.3, 0.4) is 0 Å². The van der Waals surface area contributed by atoms with Crippen molar-refractivity contribution in [3.05, 3.63) is 81.8 Å². The minimum Gasteiger partial charge on any atom is -0.493 e. The summed E-state index contributed by atoms with van der Waals surface area (Å²) in [6.07, 6.45) is 0.626. The largest absolute Gasteiger partial charge is 0.493 e. The molecule has 0 radical (unpaired) electrons. The van der Waals surface area contributed by atoms with Crippen molar-refractivity contribution in [2.45, 2.75) is 18.1 Å². The molecular formula is C27H25BrClN3O4S. The van der Waals surface area contributed by atoms with Gasteiger partial charge in [0.05, 0.1) is 19.9 Å². The highest BCUT2D eigenvalue weighted by Crippen LogP contribution is 2.32. The molecule has 1 atom stereocenters. The Bertz CT molecular complexity index is 1340. The van der Waals surface area contributed by atoms with E-state index in [9.17, 15) is 9.59 Å². The molecule has 1 unspecified atom stereocenters. The van der Waals surface area contributed by atoms with Crippen molar-refractivity contribution in [1.82, 2.24) is 4.90 Å². The molecule has 1 fully saturated rings. The molecule has 192 valence electrons. The Morgan fingerprint density at radius 1 is 1.11 bits per heavy atom. The Morgan fingerprint density at radius 2 is 1.89 bits per heavy atom. The minimum atomic E-state index is -0.623. The van der Waals surface area contributed by atoms with Crippen LogP contribution in [0.5, 0.6) is 11.5 Å². The summed E-state index contributed by atoms with van der Waals surface area (Å²) in [6.45, 7) is 0.390. The molecule has 4 rings (SSSR count). The lowest BCUT2D eigenvalue weighted by atomic mass is 10.1. The molecule has 37 heavy (non-hydrogen) atoms. The van der Waals surface area contributed by atoms with Crippen LogP contribution < -0.4 is 14.8 Å². The van der Waals surface area contributed by atoms with Crippen molar-refractivity contribution < 1.29 is 19.1 Å². The summed E-state index contributed by atoms with van der Waals surface area (Å²) >= 11 is 10.8. The predicted octanol–water partition coefficient (Wildman–Crippen LogP) is 6.32. The topological polar surface area (TPSA) is 80.2 Å². The maximum absolute atomic E-state index is 13.3. The van der Waals surface area contributed by atoms with Gasteiger partial charge in [-0.1, -0.05) is 57.5 Å². The summed E-state index contributed by atoms with van der Waals surface area (Å²) in [5.41, 5.74) is 2.23. The zero-order chi connectivity index (χ0) is 26.4. The number of carbonyl (C=O) groups excluding carboxylic acids is 2. The minimum absolute atomic E-state index is 0.0605. The number of carbonyl (C=O) groups is 2. The van der Waals surface area contributed by atoms with Crippen LogP contribution in [0, 0.1) is 0 Å². The first kappa shape index (κ1) is 27.0. The molecule has 2 amide bonds. The Hall–Kier alpha value is -3.01. The fourth-order valence-electron chi connectivity index (χ4n) is 3.78. The zero-order valence-corrected chi connectivity index (χ0v) is 23.4. The number of aliphatic imine (C=N–C) groups is 1. The third-order valence-corrected chi connectivity index (χ3v) is 7.55. The molecule has 0 spiro atoms. The molecule has 3 aromatic carbocycles. The SMILES string of the molecule is COc1ccc(CCN2C(=O)CC(C(=O)Nc3cccc(Br)c3)SC2=Nc2cccc(Cl)c2)cc1OC. The average Bonchev–Trinajstić information content (AvgIpc) is 2.88. The van der Waals surface area contributed by atoms with Crippen molar-refractivity contribution in [3.8, 4) is 11.5 Å². The second-order valence-electron chi connectivity index (χ2n) is 8.17. The van der Waals surface area contributed by atoms with Crippen LogP contribution >= 0.6 is 39.3 Å². The number of rotatable bonds is 8. The third-order valence-electron chi connectivity index (χ3n) is 5.63. The van der Waals surface area contributed by atoms with Gasteiger partial charge in [-0.05, 0) is 60.5 Å². The van der Waals surface area contributed by atoms with E-state index in [-0.39, 0.29) is 18.2 Å². The number of anilines is 1. The molecule has 10 heteroatoms. The van der Waals surface area contributed by atoms with Gasteiger partial charge in [-0.25, -0.2) is 4.99 Å². The van der Waals surface area contributed by atoms with Gasteiger partial charge in [0.2, 0.25) is 11.8 Å². The summed E-state index contributed by atoms with van der Waals surface area (Å²) in [6, 6.07) is 20.1. The van der Waals surface area contributed by atoms with E-state index >= 15 is 0 Å². The van der Waals surface area contributed by atoms with Crippen molar-refractivity contribution >= 4 is 67.6 Å². The molecule has 1 saturated heterocycles. The van der Waals surface area contributed by atoms with Crippen LogP contribution in [0.25, 0.3) is 0 Å². The third kappa shape index (κ3) is 7.06. The number of nitrogens with one attached hydrogen (secondary N) is 1. The van der Waals surface area contributed by atoms with Gasteiger partial charge in [0.15, 0.2) is 16.7 Å². The van der Waals surface area contributed by atoms with Crippen LogP contribution in [0.1, 0.15) is 12.0 Å². The van der Waals surface area contributed by atoms with E-state index in [1.165, 1.54) is 11.8 Å². The maximum Gasteiger partial charge on any atom is 0.238 e. The van der Waals surface area contributed by atoms with Gasteiger partial charge < -0.3 is 14.8 Å². The molecule has 0 saturated carbocycles. The Kier molecular flexibility index (Phi) is 9.13. The van der Waals surface area contributed by atoms with E-state index in [1.54, 1.807) is 43.4 Å². The fourth-order valence-corrected chi connectivity index (χ4v) is 5.49. The van der Waals surface area contributed by atoms with E-state index in [2.05, 4.69) is 21.2 Å². The number of hydrogen-bond donors (Lipinski definition) is 1. The van der Waals surface area contributed by atoms with Crippen molar-refractivity contribution in [2.24, 2.45) is 4.99 Å². The molecule has 7 nitrogen and oxygen atoms in total. The lowest BCUT2D eigenvalue weighted by Gasteiger charge is -2.32. The normalized spacial score (nSPS) is 16.5. The lowest BCUT2D eigenvalue weighted by molar-refractivity contribution is -0.129. The number of hydrogen-bond acceptors (Lipinski definition) is 6. The van der Waals surface area contributed by atoms with Crippen LogP contribution in [-0.4, -0.2) is 47.9 Å². The van der Waals surface area contributed by atoms with Gasteiger partial charge in [-0.15, -0.1) is 0 Å². The second kappa shape index (κ2) is 12.5. The van der Waals surface area contributed by atoms with Crippen molar-refractivity contribution in [2.75, 3.05) is 26.1 Å². The average molecular weight is 603 g/mol. The standard InChI is InChI=1S/C27H25BrClN3O4S/c1-35-22-10-9-17(13-23(22)36-2)11-12-32-25(33)16-24(26(34)30-20-7-3-5-18(28)14-20)37-27(32)31-21-8-4-6-19(29)15-21/h3-10,13-15,24H,11-12,16H2,1-2H3,(H,30,34). The van der Waals surface area contributed by atoms with Gasteiger partial charge in [-0.2, -0.15) is 0 Å². The summed E-state index contributed by atoms with van der Waals surface area (Å²) in [5, 5.41) is 3.27. The molecule has 3 aromatic rings. The number of amides is 2. The van der Waals surface area contributed by atoms with Gasteiger partial charge in [0.25, 0.3) is 0 Å². The van der Waals surface area contributed by atoms with Crippen molar-refractivity contribution in [1.29, 1.82) is 0 Å². The quantitative estimate of drug-likeness (QED) is 0.326. The molecule has 0 aromatic heterocycles. The van der Waals surface area contributed by atoms with Crippen molar-refractivity contribution in [3.63, 3.8) is 0 Å². The molecule has 0 bridgehead atoms. The number of amidine groups is 1.